The lowest BCUT2D eigenvalue weighted by Gasteiger charge is -2.26. The van der Waals surface area contributed by atoms with Gasteiger partial charge in [0.25, 0.3) is 0 Å². The van der Waals surface area contributed by atoms with E-state index in [1.807, 2.05) is 24.3 Å². The maximum Gasteiger partial charge on any atom is 0.224 e. The average Bonchev–Trinajstić information content (AvgIpc) is 2.60. The van der Waals surface area contributed by atoms with Crippen LogP contribution in [0.25, 0.3) is 0 Å². The van der Waals surface area contributed by atoms with Crippen molar-refractivity contribution in [2.24, 2.45) is 5.73 Å². The number of rotatable bonds is 5. The normalized spacial score (nSPS) is 20.5. The zero-order chi connectivity index (χ0) is 16.9. The molecule has 0 radical (unpaired) electrons. The van der Waals surface area contributed by atoms with Gasteiger partial charge >= 0.3 is 0 Å². The summed E-state index contributed by atoms with van der Waals surface area (Å²) < 4.78 is 5.34. The molecule has 4 N–H and O–H groups in total. The minimum atomic E-state index is 0.317. The Balaban J connectivity index is 1.74. The minimum Gasteiger partial charge on any atom is -0.495 e. The summed E-state index contributed by atoms with van der Waals surface area (Å²) in [5, 5.41) is 7.04. The summed E-state index contributed by atoms with van der Waals surface area (Å²) in [7, 11) is 1.63. The van der Waals surface area contributed by atoms with Crippen LogP contribution < -0.4 is 21.1 Å². The van der Waals surface area contributed by atoms with Crippen LogP contribution in [0, 0.1) is 0 Å². The van der Waals surface area contributed by atoms with E-state index < -0.39 is 0 Å². The molecule has 3 rings (SSSR count). The standard InChI is InChI=1S/C17H22ClN5O/c1-24-15-5-3-2-4-14(15)22-16-13(18)10-20-17(23-16)21-12-8-6-11(19)7-9-12/h2-5,10-12H,6-9,19H2,1H3,(H2,20,21,22,23). The number of methoxy groups -OCH3 is 1. The minimum absolute atomic E-state index is 0.317. The topological polar surface area (TPSA) is 85.1 Å². The number of para-hydroxylation sites is 2. The van der Waals surface area contributed by atoms with Gasteiger partial charge in [-0.05, 0) is 37.8 Å². The van der Waals surface area contributed by atoms with Crippen LogP contribution in [0.15, 0.2) is 30.5 Å². The molecule has 6 nitrogen and oxygen atoms in total. The van der Waals surface area contributed by atoms with Gasteiger partial charge in [0.2, 0.25) is 5.95 Å². The van der Waals surface area contributed by atoms with Gasteiger partial charge in [-0.1, -0.05) is 23.7 Å². The Morgan fingerprint density at radius 1 is 1.21 bits per heavy atom. The molecule has 1 aliphatic carbocycles. The molecule has 128 valence electrons. The Labute approximate surface area is 146 Å². The molecule has 0 unspecified atom stereocenters. The van der Waals surface area contributed by atoms with Crippen molar-refractivity contribution in [3.63, 3.8) is 0 Å². The molecular formula is C17H22ClN5O. The number of hydrogen-bond acceptors (Lipinski definition) is 6. The highest BCUT2D eigenvalue weighted by Gasteiger charge is 2.19. The Morgan fingerprint density at radius 2 is 1.96 bits per heavy atom. The molecule has 2 aromatic rings. The first-order chi connectivity index (χ1) is 11.7. The molecule has 1 aromatic heterocycles. The third-order valence-corrected chi connectivity index (χ3v) is 4.49. The van der Waals surface area contributed by atoms with Crippen molar-refractivity contribution in [1.29, 1.82) is 0 Å². The van der Waals surface area contributed by atoms with E-state index in [4.69, 9.17) is 22.1 Å². The Kier molecular flexibility index (Phi) is 5.37. The largest absolute Gasteiger partial charge is 0.495 e. The van der Waals surface area contributed by atoms with Crippen LogP contribution in [-0.2, 0) is 0 Å². The zero-order valence-corrected chi connectivity index (χ0v) is 14.4. The van der Waals surface area contributed by atoms with Crippen LogP contribution >= 0.6 is 11.6 Å². The Hall–Kier alpha value is -2.05. The molecule has 1 saturated carbocycles. The molecule has 0 saturated heterocycles. The molecule has 0 bridgehead atoms. The SMILES string of the molecule is COc1ccccc1Nc1nc(NC2CCC(N)CC2)ncc1Cl. The van der Waals surface area contributed by atoms with Crippen LogP contribution in [0.2, 0.25) is 5.02 Å². The highest BCUT2D eigenvalue weighted by Crippen LogP contribution is 2.30. The van der Waals surface area contributed by atoms with E-state index in [-0.39, 0.29) is 0 Å². The van der Waals surface area contributed by atoms with Gasteiger partial charge in [-0.2, -0.15) is 4.98 Å². The monoisotopic (exact) mass is 347 g/mol. The van der Waals surface area contributed by atoms with Crippen LogP contribution in [0.4, 0.5) is 17.5 Å². The molecule has 24 heavy (non-hydrogen) atoms. The molecule has 1 aliphatic rings. The van der Waals surface area contributed by atoms with Crippen LogP contribution in [0.1, 0.15) is 25.7 Å². The number of nitrogens with two attached hydrogens (primary N) is 1. The van der Waals surface area contributed by atoms with Gasteiger partial charge in [-0.3, -0.25) is 0 Å². The van der Waals surface area contributed by atoms with Crippen LogP contribution in [0.3, 0.4) is 0 Å². The molecule has 0 atom stereocenters. The highest BCUT2D eigenvalue weighted by molar-refractivity contribution is 6.32. The van der Waals surface area contributed by atoms with Gasteiger partial charge in [-0.15, -0.1) is 0 Å². The second kappa shape index (κ2) is 7.68. The number of hydrogen-bond donors (Lipinski definition) is 3. The fraction of sp³-hybridized carbons (Fsp3) is 0.412. The molecule has 1 heterocycles. The summed E-state index contributed by atoms with van der Waals surface area (Å²) in [6.45, 7) is 0. The van der Waals surface area contributed by atoms with E-state index in [0.29, 0.717) is 28.9 Å². The van der Waals surface area contributed by atoms with E-state index in [1.165, 1.54) is 0 Å². The second-order valence-corrected chi connectivity index (χ2v) is 6.38. The van der Waals surface area contributed by atoms with E-state index in [9.17, 15) is 0 Å². The fourth-order valence-corrected chi connectivity index (χ4v) is 2.98. The van der Waals surface area contributed by atoms with E-state index >= 15 is 0 Å². The summed E-state index contributed by atoms with van der Waals surface area (Å²) in [6.07, 6.45) is 5.71. The summed E-state index contributed by atoms with van der Waals surface area (Å²) in [6, 6.07) is 8.29. The number of anilines is 3. The smallest absolute Gasteiger partial charge is 0.224 e. The van der Waals surface area contributed by atoms with Crippen molar-refractivity contribution in [3.05, 3.63) is 35.5 Å². The zero-order valence-electron chi connectivity index (χ0n) is 13.6. The summed E-state index contributed by atoms with van der Waals surface area (Å²) >= 11 is 6.23. The van der Waals surface area contributed by atoms with Gasteiger partial charge in [0.15, 0.2) is 5.82 Å². The van der Waals surface area contributed by atoms with Crippen molar-refractivity contribution in [3.8, 4) is 5.75 Å². The lowest BCUT2D eigenvalue weighted by molar-refractivity contribution is 0.410. The van der Waals surface area contributed by atoms with Crippen molar-refractivity contribution >= 4 is 29.1 Å². The Morgan fingerprint density at radius 3 is 2.71 bits per heavy atom. The number of benzene rings is 1. The highest BCUT2D eigenvalue weighted by atomic mass is 35.5. The van der Waals surface area contributed by atoms with Gasteiger partial charge in [-0.25, -0.2) is 4.98 Å². The van der Waals surface area contributed by atoms with Crippen molar-refractivity contribution in [1.82, 2.24) is 9.97 Å². The summed E-state index contributed by atoms with van der Waals surface area (Å²) in [5.74, 6) is 1.84. The number of nitrogens with zero attached hydrogens (tertiary/aromatic N) is 2. The first-order valence-electron chi connectivity index (χ1n) is 8.10. The second-order valence-electron chi connectivity index (χ2n) is 5.97. The lowest BCUT2D eigenvalue weighted by atomic mass is 9.92. The molecule has 7 heteroatoms. The number of nitrogens with one attached hydrogen (secondary N) is 2. The average molecular weight is 348 g/mol. The maximum absolute atomic E-state index is 6.23. The number of aromatic nitrogens is 2. The summed E-state index contributed by atoms with van der Waals surface area (Å²) in [5.41, 5.74) is 6.75. The molecular weight excluding hydrogens is 326 g/mol. The van der Waals surface area contributed by atoms with Crippen molar-refractivity contribution < 1.29 is 4.74 Å². The van der Waals surface area contributed by atoms with Crippen LogP contribution in [-0.4, -0.2) is 29.2 Å². The van der Waals surface area contributed by atoms with Gasteiger partial charge < -0.3 is 21.1 Å². The molecule has 0 spiro atoms. The van der Waals surface area contributed by atoms with E-state index in [0.717, 1.165) is 37.1 Å². The number of halogens is 1. The first-order valence-corrected chi connectivity index (χ1v) is 8.48. The van der Waals surface area contributed by atoms with Crippen molar-refractivity contribution in [2.45, 2.75) is 37.8 Å². The third-order valence-electron chi connectivity index (χ3n) is 4.21. The molecule has 0 amide bonds. The predicted octanol–water partition coefficient (Wildman–Crippen LogP) is 3.56. The maximum atomic E-state index is 6.23. The predicted molar refractivity (Wildman–Crippen MR) is 97.2 cm³/mol. The quantitative estimate of drug-likeness (QED) is 0.766. The molecule has 1 fully saturated rings. The van der Waals surface area contributed by atoms with E-state index in [2.05, 4.69) is 20.6 Å². The van der Waals surface area contributed by atoms with E-state index in [1.54, 1.807) is 13.3 Å². The number of ether oxygens (including phenoxy) is 1. The lowest BCUT2D eigenvalue weighted by Crippen LogP contribution is -2.33. The Bertz CT molecular complexity index is 688. The van der Waals surface area contributed by atoms with Gasteiger partial charge in [0.05, 0.1) is 19.0 Å². The van der Waals surface area contributed by atoms with Gasteiger partial charge in [0.1, 0.15) is 10.8 Å². The van der Waals surface area contributed by atoms with Crippen LogP contribution in [0.5, 0.6) is 5.75 Å². The third kappa shape index (κ3) is 4.07. The fourth-order valence-electron chi connectivity index (χ4n) is 2.85. The first kappa shape index (κ1) is 16.8. The molecule has 0 aliphatic heterocycles. The summed E-state index contributed by atoms with van der Waals surface area (Å²) in [4.78, 5) is 8.78. The van der Waals surface area contributed by atoms with Crippen molar-refractivity contribution in [2.75, 3.05) is 17.7 Å². The molecule has 1 aromatic carbocycles. The van der Waals surface area contributed by atoms with Gasteiger partial charge in [0, 0.05) is 12.1 Å².